The molecule has 2 rings (SSSR count). The molecule has 6 heteroatoms. The molecule has 1 atom stereocenters. The molecule has 1 heterocycles. The molecule has 0 spiro atoms. The summed E-state index contributed by atoms with van der Waals surface area (Å²) < 4.78 is 27.1. The molecule has 2 N–H and O–H groups in total. The molecular formula is C14H17N3O2S. The number of pyridine rings is 1. The zero-order chi connectivity index (χ0) is 14.6. The van der Waals surface area contributed by atoms with E-state index < -0.39 is 10.0 Å². The standard InChI is InChI=1S/C14H17N3O2S/c1-11(15-2)12-5-3-7-14(9-12)20(18,19)17-13-6-4-8-16-10-13/h3-11,15,17H,1-2H3. The van der Waals surface area contributed by atoms with Crippen molar-refractivity contribution in [1.29, 1.82) is 0 Å². The van der Waals surface area contributed by atoms with Crippen molar-refractivity contribution in [3.8, 4) is 0 Å². The smallest absolute Gasteiger partial charge is 0.261 e. The van der Waals surface area contributed by atoms with Crippen LogP contribution in [0, 0.1) is 0 Å². The molecule has 0 saturated heterocycles. The van der Waals surface area contributed by atoms with Crippen LogP contribution in [-0.2, 0) is 10.0 Å². The summed E-state index contributed by atoms with van der Waals surface area (Å²) in [6, 6.07) is 10.3. The van der Waals surface area contributed by atoms with Crippen LogP contribution in [-0.4, -0.2) is 20.4 Å². The predicted octanol–water partition coefficient (Wildman–Crippen LogP) is 2.16. The summed E-state index contributed by atoms with van der Waals surface area (Å²) in [5, 5.41) is 3.08. The van der Waals surface area contributed by atoms with E-state index in [0.29, 0.717) is 5.69 Å². The molecule has 0 amide bonds. The van der Waals surface area contributed by atoms with Gasteiger partial charge in [0.15, 0.2) is 0 Å². The number of benzene rings is 1. The number of anilines is 1. The number of nitrogens with one attached hydrogen (secondary N) is 2. The SMILES string of the molecule is CNC(C)c1cccc(S(=O)(=O)Nc2cccnc2)c1. The van der Waals surface area contributed by atoms with Gasteiger partial charge in [0.1, 0.15) is 0 Å². The van der Waals surface area contributed by atoms with Crippen LogP contribution in [0.4, 0.5) is 5.69 Å². The predicted molar refractivity (Wildman–Crippen MR) is 79.0 cm³/mol. The number of hydrogen-bond acceptors (Lipinski definition) is 4. The summed E-state index contributed by atoms with van der Waals surface area (Å²) in [6.07, 6.45) is 3.06. The second-order valence-corrected chi connectivity index (χ2v) is 6.11. The maximum Gasteiger partial charge on any atom is 0.261 e. The Labute approximate surface area is 119 Å². The summed E-state index contributed by atoms with van der Waals surface area (Å²) in [4.78, 5) is 4.12. The summed E-state index contributed by atoms with van der Waals surface area (Å²) in [7, 11) is -1.76. The lowest BCUT2D eigenvalue weighted by Crippen LogP contribution is -2.15. The first-order chi connectivity index (χ1) is 9.53. The Kier molecular flexibility index (Phi) is 4.36. The average Bonchev–Trinajstić information content (AvgIpc) is 2.47. The summed E-state index contributed by atoms with van der Waals surface area (Å²) in [5.41, 5.74) is 1.36. The van der Waals surface area contributed by atoms with Gasteiger partial charge in [-0.3, -0.25) is 9.71 Å². The number of hydrogen-bond donors (Lipinski definition) is 2. The molecule has 0 fully saturated rings. The average molecular weight is 291 g/mol. The molecule has 0 saturated carbocycles. The normalized spacial score (nSPS) is 12.9. The van der Waals surface area contributed by atoms with Crippen molar-refractivity contribution in [1.82, 2.24) is 10.3 Å². The lowest BCUT2D eigenvalue weighted by Gasteiger charge is -2.13. The Morgan fingerprint density at radius 2 is 2.00 bits per heavy atom. The Morgan fingerprint density at radius 1 is 1.20 bits per heavy atom. The maximum atomic E-state index is 12.3. The first-order valence-corrected chi connectivity index (χ1v) is 7.71. The fraction of sp³-hybridized carbons (Fsp3) is 0.214. The van der Waals surface area contributed by atoms with E-state index in [0.717, 1.165) is 5.56 Å². The van der Waals surface area contributed by atoms with Crippen molar-refractivity contribution >= 4 is 15.7 Å². The van der Waals surface area contributed by atoms with Crippen LogP contribution < -0.4 is 10.0 Å². The van der Waals surface area contributed by atoms with Gasteiger partial charge >= 0.3 is 0 Å². The maximum absolute atomic E-state index is 12.3. The lowest BCUT2D eigenvalue weighted by atomic mass is 10.1. The molecule has 1 aromatic carbocycles. The van der Waals surface area contributed by atoms with Crippen molar-refractivity contribution in [3.05, 3.63) is 54.4 Å². The van der Waals surface area contributed by atoms with Gasteiger partial charge in [0.2, 0.25) is 0 Å². The van der Waals surface area contributed by atoms with E-state index in [9.17, 15) is 8.42 Å². The minimum absolute atomic E-state index is 0.0866. The van der Waals surface area contributed by atoms with Crippen LogP contribution in [0.1, 0.15) is 18.5 Å². The zero-order valence-corrected chi connectivity index (χ0v) is 12.2. The minimum Gasteiger partial charge on any atom is -0.313 e. The third kappa shape index (κ3) is 3.34. The zero-order valence-electron chi connectivity index (χ0n) is 11.4. The molecule has 0 aliphatic heterocycles. The Hall–Kier alpha value is -1.92. The number of sulfonamides is 1. The molecule has 1 unspecified atom stereocenters. The molecule has 2 aromatic rings. The van der Waals surface area contributed by atoms with Gasteiger partial charge in [-0.1, -0.05) is 12.1 Å². The molecular weight excluding hydrogens is 274 g/mol. The molecule has 0 aliphatic rings. The van der Waals surface area contributed by atoms with E-state index in [1.165, 1.54) is 6.20 Å². The van der Waals surface area contributed by atoms with E-state index in [2.05, 4.69) is 15.0 Å². The molecule has 106 valence electrons. The topological polar surface area (TPSA) is 71.1 Å². The van der Waals surface area contributed by atoms with Gasteiger partial charge in [-0.2, -0.15) is 0 Å². The molecule has 20 heavy (non-hydrogen) atoms. The van der Waals surface area contributed by atoms with Crippen molar-refractivity contribution < 1.29 is 8.42 Å². The summed E-state index contributed by atoms with van der Waals surface area (Å²) >= 11 is 0. The summed E-state index contributed by atoms with van der Waals surface area (Å²) in [6.45, 7) is 1.97. The van der Waals surface area contributed by atoms with Gasteiger partial charge in [0, 0.05) is 12.2 Å². The van der Waals surface area contributed by atoms with Crippen LogP contribution in [0.15, 0.2) is 53.7 Å². The molecule has 1 aromatic heterocycles. The minimum atomic E-state index is -3.60. The largest absolute Gasteiger partial charge is 0.313 e. The fourth-order valence-electron chi connectivity index (χ4n) is 1.75. The molecule has 0 radical (unpaired) electrons. The number of aromatic nitrogens is 1. The van der Waals surface area contributed by atoms with Crippen molar-refractivity contribution in [3.63, 3.8) is 0 Å². The van der Waals surface area contributed by atoms with Crippen LogP contribution in [0.25, 0.3) is 0 Å². The van der Waals surface area contributed by atoms with E-state index in [4.69, 9.17) is 0 Å². The first kappa shape index (κ1) is 14.5. The summed E-state index contributed by atoms with van der Waals surface area (Å²) in [5.74, 6) is 0. The van der Waals surface area contributed by atoms with Crippen molar-refractivity contribution in [2.75, 3.05) is 11.8 Å². The van der Waals surface area contributed by atoms with Crippen molar-refractivity contribution in [2.45, 2.75) is 17.9 Å². The quantitative estimate of drug-likeness (QED) is 0.885. The number of nitrogens with zero attached hydrogens (tertiary/aromatic N) is 1. The van der Waals surface area contributed by atoms with Gasteiger partial charge in [-0.05, 0) is 43.8 Å². The van der Waals surface area contributed by atoms with Crippen LogP contribution >= 0.6 is 0 Å². The Balaban J connectivity index is 2.30. The van der Waals surface area contributed by atoms with E-state index in [1.807, 2.05) is 20.0 Å². The van der Waals surface area contributed by atoms with Gasteiger partial charge in [-0.15, -0.1) is 0 Å². The van der Waals surface area contributed by atoms with Gasteiger partial charge < -0.3 is 5.32 Å². The van der Waals surface area contributed by atoms with Crippen molar-refractivity contribution in [2.24, 2.45) is 0 Å². The molecule has 0 bridgehead atoms. The third-order valence-corrected chi connectivity index (χ3v) is 4.39. The highest BCUT2D eigenvalue weighted by Crippen LogP contribution is 2.19. The monoisotopic (exact) mass is 291 g/mol. The first-order valence-electron chi connectivity index (χ1n) is 6.23. The highest BCUT2D eigenvalue weighted by atomic mass is 32.2. The highest BCUT2D eigenvalue weighted by Gasteiger charge is 2.15. The number of rotatable bonds is 5. The second-order valence-electron chi connectivity index (χ2n) is 4.43. The van der Waals surface area contributed by atoms with Crippen LogP contribution in [0.2, 0.25) is 0 Å². The van der Waals surface area contributed by atoms with E-state index in [1.54, 1.807) is 36.5 Å². The lowest BCUT2D eigenvalue weighted by molar-refractivity contribution is 0.600. The third-order valence-electron chi connectivity index (χ3n) is 3.02. The molecule has 0 aliphatic carbocycles. The molecule has 5 nitrogen and oxygen atoms in total. The fourth-order valence-corrected chi connectivity index (χ4v) is 2.85. The second kappa shape index (κ2) is 6.02. The van der Waals surface area contributed by atoms with Gasteiger partial charge in [0.05, 0.1) is 16.8 Å². The van der Waals surface area contributed by atoms with E-state index in [-0.39, 0.29) is 10.9 Å². The van der Waals surface area contributed by atoms with Gasteiger partial charge in [0.25, 0.3) is 10.0 Å². The Morgan fingerprint density at radius 3 is 2.65 bits per heavy atom. The van der Waals surface area contributed by atoms with E-state index >= 15 is 0 Å². The van der Waals surface area contributed by atoms with Crippen LogP contribution in [0.3, 0.4) is 0 Å². The highest BCUT2D eigenvalue weighted by molar-refractivity contribution is 7.92. The van der Waals surface area contributed by atoms with Crippen LogP contribution in [0.5, 0.6) is 0 Å². The Bertz CT molecular complexity index is 672. The van der Waals surface area contributed by atoms with Gasteiger partial charge in [-0.25, -0.2) is 8.42 Å².